The van der Waals surface area contributed by atoms with Crippen molar-refractivity contribution in [3.63, 3.8) is 0 Å². The van der Waals surface area contributed by atoms with Gasteiger partial charge in [0.15, 0.2) is 16.8 Å². The van der Waals surface area contributed by atoms with Gasteiger partial charge in [0.1, 0.15) is 12.4 Å². The van der Waals surface area contributed by atoms with Crippen molar-refractivity contribution in [2.75, 3.05) is 5.75 Å². The number of ketones is 1. The molecule has 28 heavy (non-hydrogen) atoms. The maximum Gasteiger partial charge on any atom is 0.191 e. The normalized spacial score (nSPS) is 10.9. The van der Waals surface area contributed by atoms with E-state index >= 15 is 0 Å². The lowest BCUT2D eigenvalue weighted by molar-refractivity contribution is 0.102. The maximum absolute atomic E-state index is 12.7. The molecule has 0 aliphatic carbocycles. The molecule has 146 valence electrons. The van der Waals surface area contributed by atoms with Crippen LogP contribution in [0.5, 0.6) is 5.75 Å². The maximum atomic E-state index is 12.7. The van der Waals surface area contributed by atoms with Gasteiger partial charge in [-0.3, -0.25) is 4.79 Å². The second-order valence-corrected chi connectivity index (χ2v) is 8.06. The number of thioether (sulfide) groups is 1. The van der Waals surface area contributed by atoms with Crippen molar-refractivity contribution in [2.24, 2.45) is 7.05 Å². The van der Waals surface area contributed by atoms with Crippen LogP contribution in [0.25, 0.3) is 0 Å². The highest BCUT2D eigenvalue weighted by Crippen LogP contribution is 2.22. The molecule has 2 aromatic carbocycles. The molecule has 0 fully saturated rings. The predicted octanol–water partition coefficient (Wildman–Crippen LogP) is 4.95. The van der Waals surface area contributed by atoms with Crippen molar-refractivity contribution < 1.29 is 9.53 Å². The third kappa shape index (κ3) is 4.75. The Morgan fingerprint density at radius 2 is 1.75 bits per heavy atom. The summed E-state index contributed by atoms with van der Waals surface area (Å²) >= 11 is 7.26. The smallest absolute Gasteiger partial charge is 0.191 e. The van der Waals surface area contributed by atoms with Crippen LogP contribution < -0.4 is 4.74 Å². The van der Waals surface area contributed by atoms with E-state index in [0.29, 0.717) is 27.5 Å². The molecule has 0 saturated carbocycles. The molecule has 0 N–H and O–H groups in total. The Morgan fingerprint density at radius 1 is 1.11 bits per heavy atom. The highest BCUT2D eigenvalue weighted by Gasteiger charge is 2.16. The van der Waals surface area contributed by atoms with Crippen molar-refractivity contribution in [1.82, 2.24) is 14.8 Å². The van der Waals surface area contributed by atoms with Crippen LogP contribution in [0, 0.1) is 20.8 Å². The van der Waals surface area contributed by atoms with Crippen molar-refractivity contribution in [2.45, 2.75) is 32.5 Å². The molecule has 5 nitrogen and oxygen atoms in total. The molecular formula is C21H22ClN3O2S. The number of Topliss-reactive ketones (excluding diaryl/α,β-unsaturated/α-hetero) is 1. The third-order valence-electron chi connectivity index (χ3n) is 4.39. The van der Waals surface area contributed by atoms with Crippen LogP contribution in [0.1, 0.15) is 32.9 Å². The number of rotatable bonds is 7. The molecule has 0 saturated heterocycles. The lowest BCUT2D eigenvalue weighted by Crippen LogP contribution is -2.09. The van der Waals surface area contributed by atoms with Crippen LogP contribution in [0.4, 0.5) is 0 Å². The molecule has 1 heterocycles. The van der Waals surface area contributed by atoms with E-state index in [2.05, 4.69) is 10.2 Å². The van der Waals surface area contributed by atoms with Crippen molar-refractivity contribution in [3.05, 3.63) is 69.5 Å². The Morgan fingerprint density at radius 3 is 2.39 bits per heavy atom. The minimum Gasteiger partial charge on any atom is -0.486 e. The number of aromatic nitrogens is 3. The molecule has 7 heteroatoms. The average Bonchev–Trinajstić information content (AvgIpc) is 2.98. The molecule has 0 atom stereocenters. The summed E-state index contributed by atoms with van der Waals surface area (Å²) in [6, 6.07) is 11.2. The molecule has 0 amide bonds. The zero-order valence-electron chi connectivity index (χ0n) is 16.3. The summed E-state index contributed by atoms with van der Waals surface area (Å²) in [5.74, 6) is 1.81. The topological polar surface area (TPSA) is 57.0 Å². The molecule has 0 aliphatic heterocycles. The largest absolute Gasteiger partial charge is 0.486 e. The van der Waals surface area contributed by atoms with Crippen LogP contribution >= 0.6 is 23.4 Å². The van der Waals surface area contributed by atoms with E-state index in [1.807, 2.05) is 44.5 Å². The number of carbonyl (C=O) groups is 1. The Hall–Kier alpha value is -2.31. The fourth-order valence-corrected chi connectivity index (χ4v) is 4.03. The summed E-state index contributed by atoms with van der Waals surface area (Å²) < 4.78 is 7.57. The Bertz CT molecular complexity index is 976. The number of halogens is 1. The minimum atomic E-state index is 0.0990. The van der Waals surface area contributed by atoms with E-state index < -0.39 is 0 Å². The first kappa shape index (κ1) is 20.4. The molecule has 0 bridgehead atoms. The zero-order valence-corrected chi connectivity index (χ0v) is 17.9. The minimum absolute atomic E-state index is 0.0990. The van der Waals surface area contributed by atoms with Crippen LogP contribution in [0.2, 0.25) is 5.02 Å². The van der Waals surface area contributed by atoms with Crippen LogP contribution in [-0.4, -0.2) is 26.3 Å². The summed E-state index contributed by atoms with van der Waals surface area (Å²) in [5, 5.41) is 9.71. The van der Waals surface area contributed by atoms with E-state index in [1.165, 1.54) is 11.8 Å². The summed E-state index contributed by atoms with van der Waals surface area (Å²) in [6.45, 7) is 6.28. The van der Waals surface area contributed by atoms with E-state index in [1.54, 1.807) is 24.3 Å². The molecule has 0 unspecified atom stereocenters. The predicted molar refractivity (Wildman–Crippen MR) is 112 cm³/mol. The van der Waals surface area contributed by atoms with Gasteiger partial charge < -0.3 is 9.30 Å². The van der Waals surface area contributed by atoms with Gasteiger partial charge in [-0.1, -0.05) is 41.1 Å². The SMILES string of the molecule is Cc1cc(C)c(C(=O)CSc2nnc(COc3ccc(Cl)cc3)n2C)c(C)c1. The standard InChI is InChI=1S/C21H22ClN3O2S/c1-13-9-14(2)20(15(3)10-13)18(26)12-28-21-24-23-19(25(21)4)11-27-17-7-5-16(22)6-8-17/h5-10H,11-12H2,1-4H3. The molecule has 0 spiro atoms. The van der Waals surface area contributed by atoms with Gasteiger partial charge in [-0.05, 0) is 56.2 Å². The highest BCUT2D eigenvalue weighted by molar-refractivity contribution is 7.99. The summed E-state index contributed by atoms with van der Waals surface area (Å²) in [7, 11) is 1.87. The van der Waals surface area contributed by atoms with Gasteiger partial charge in [0, 0.05) is 17.6 Å². The van der Waals surface area contributed by atoms with Crippen LogP contribution in [0.3, 0.4) is 0 Å². The first-order valence-corrected chi connectivity index (χ1v) is 10.2. The second kappa shape index (κ2) is 8.80. The van der Waals surface area contributed by atoms with Crippen LogP contribution in [-0.2, 0) is 13.7 Å². The molecule has 3 aromatic rings. The van der Waals surface area contributed by atoms with Gasteiger partial charge in [-0.25, -0.2) is 0 Å². The van der Waals surface area contributed by atoms with Crippen molar-refractivity contribution >= 4 is 29.1 Å². The summed E-state index contributed by atoms with van der Waals surface area (Å²) in [5.41, 5.74) is 3.99. The van der Waals surface area contributed by atoms with Gasteiger partial charge in [-0.2, -0.15) is 0 Å². The second-order valence-electron chi connectivity index (χ2n) is 6.69. The highest BCUT2D eigenvalue weighted by atomic mass is 35.5. The number of aryl methyl sites for hydroxylation is 3. The van der Waals surface area contributed by atoms with Gasteiger partial charge in [0.05, 0.1) is 5.75 Å². The monoisotopic (exact) mass is 415 g/mol. The van der Waals surface area contributed by atoms with Gasteiger partial charge >= 0.3 is 0 Å². The Kier molecular flexibility index (Phi) is 6.42. The number of hydrogen-bond acceptors (Lipinski definition) is 5. The molecule has 1 aromatic heterocycles. The lowest BCUT2D eigenvalue weighted by Gasteiger charge is -2.10. The first-order chi connectivity index (χ1) is 13.3. The zero-order chi connectivity index (χ0) is 20.3. The number of hydrogen-bond donors (Lipinski definition) is 0. The van der Waals surface area contributed by atoms with Gasteiger partial charge in [-0.15, -0.1) is 10.2 Å². The summed E-state index contributed by atoms with van der Waals surface area (Å²) in [6.07, 6.45) is 0. The van der Waals surface area contributed by atoms with Crippen LogP contribution in [0.15, 0.2) is 41.6 Å². The lowest BCUT2D eigenvalue weighted by atomic mass is 9.97. The molecule has 3 rings (SSSR count). The fourth-order valence-electron chi connectivity index (χ4n) is 3.10. The van der Waals surface area contributed by atoms with E-state index in [9.17, 15) is 4.79 Å². The van der Waals surface area contributed by atoms with E-state index in [4.69, 9.17) is 16.3 Å². The molecular weight excluding hydrogens is 394 g/mol. The number of nitrogens with zero attached hydrogens (tertiary/aromatic N) is 3. The van der Waals surface area contributed by atoms with Crippen molar-refractivity contribution in [3.8, 4) is 5.75 Å². The quantitative estimate of drug-likeness (QED) is 0.403. The summed E-state index contributed by atoms with van der Waals surface area (Å²) in [4.78, 5) is 12.7. The van der Waals surface area contributed by atoms with Crippen molar-refractivity contribution in [1.29, 1.82) is 0 Å². The third-order valence-corrected chi connectivity index (χ3v) is 5.67. The number of carbonyl (C=O) groups excluding carboxylic acids is 1. The fraction of sp³-hybridized carbons (Fsp3) is 0.286. The first-order valence-electron chi connectivity index (χ1n) is 8.85. The Balaban J connectivity index is 1.63. The van der Waals surface area contributed by atoms with E-state index in [-0.39, 0.29) is 12.4 Å². The van der Waals surface area contributed by atoms with Gasteiger partial charge in [0.25, 0.3) is 0 Å². The Labute approximate surface area is 174 Å². The average molecular weight is 416 g/mol. The molecule has 0 aliphatic rings. The number of benzene rings is 2. The van der Waals surface area contributed by atoms with E-state index in [0.717, 1.165) is 22.3 Å². The molecule has 0 radical (unpaired) electrons. The van der Waals surface area contributed by atoms with Gasteiger partial charge in [0.2, 0.25) is 0 Å². The number of ether oxygens (including phenoxy) is 1.